The van der Waals surface area contributed by atoms with Crippen LogP contribution in [0.2, 0.25) is 0 Å². The fourth-order valence-corrected chi connectivity index (χ4v) is 3.04. The highest BCUT2D eigenvalue weighted by Gasteiger charge is 2.21. The van der Waals surface area contributed by atoms with Crippen LogP contribution in [0, 0.1) is 5.41 Å². The largest absolute Gasteiger partial charge is 0.379 e. The molecule has 1 amide bonds. The summed E-state index contributed by atoms with van der Waals surface area (Å²) in [6.07, 6.45) is 0.948. The minimum atomic E-state index is 0.00146. The maximum atomic E-state index is 11.8. The van der Waals surface area contributed by atoms with Gasteiger partial charge in [-0.1, -0.05) is 11.8 Å². The van der Waals surface area contributed by atoms with Gasteiger partial charge in [-0.25, -0.2) is 0 Å². The third kappa shape index (κ3) is 2.56. The van der Waals surface area contributed by atoms with Gasteiger partial charge in [-0.15, -0.1) is 11.3 Å². The van der Waals surface area contributed by atoms with Gasteiger partial charge in [-0.2, -0.15) is 0 Å². The van der Waals surface area contributed by atoms with Crippen molar-refractivity contribution in [3.05, 3.63) is 21.9 Å². The third-order valence-corrected chi connectivity index (χ3v) is 4.24. The zero-order valence-corrected chi connectivity index (χ0v) is 10.4. The standard InChI is InChI=1S/C10H13N3OS2/c11-10(12)16-6-9(14)13-3-1-8-7(5-13)2-4-15-8/h2,4H,1,3,5-6H2,(H3,11,12). The molecular formula is C10H13N3OS2. The van der Waals surface area contributed by atoms with Crippen molar-refractivity contribution in [2.75, 3.05) is 12.3 Å². The second-order valence-electron chi connectivity index (χ2n) is 3.59. The number of hydrogen-bond acceptors (Lipinski definition) is 4. The van der Waals surface area contributed by atoms with Crippen LogP contribution in [0.4, 0.5) is 0 Å². The van der Waals surface area contributed by atoms with Crippen molar-refractivity contribution in [2.24, 2.45) is 5.73 Å². The van der Waals surface area contributed by atoms with Gasteiger partial charge in [-0.05, 0) is 23.4 Å². The molecule has 0 spiro atoms. The van der Waals surface area contributed by atoms with Crippen molar-refractivity contribution < 1.29 is 4.79 Å². The molecule has 6 heteroatoms. The molecule has 2 rings (SSSR count). The van der Waals surface area contributed by atoms with Crippen LogP contribution in [0.25, 0.3) is 0 Å². The van der Waals surface area contributed by atoms with Gasteiger partial charge in [0.25, 0.3) is 0 Å². The maximum Gasteiger partial charge on any atom is 0.233 e. The lowest BCUT2D eigenvalue weighted by atomic mass is 10.1. The van der Waals surface area contributed by atoms with Crippen LogP contribution in [0.5, 0.6) is 0 Å². The number of carbonyl (C=O) groups is 1. The van der Waals surface area contributed by atoms with Gasteiger partial charge in [-0.3, -0.25) is 10.2 Å². The number of hydrogen-bond donors (Lipinski definition) is 2. The van der Waals surface area contributed by atoms with Gasteiger partial charge in [0.15, 0.2) is 5.17 Å². The summed E-state index contributed by atoms with van der Waals surface area (Å²) in [7, 11) is 0. The summed E-state index contributed by atoms with van der Waals surface area (Å²) in [5.41, 5.74) is 6.47. The number of nitrogens with one attached hydrogen (secondary N) is 1. The summed E-state index contributed by atoms with van der Waals surface area (Å²) in [5, 5.41) is 9.14. The Hall–Kier alpha value is -1.01. The number of carbonyl (C=O) groups excluding carboxylic acids is 1. The van der Waals surface area contributed by atoms with Crippen LogP contribution in [0.3, 0.4) is 0 Å². The lowest BCUT2D eigenvalue weighted by Crippen LogP contribution is -2.36. The predicted molar refractivity (Wildman–Crippen MR) is 67.8 cm³/mol. The molecule has 4 nitrogen and oxygen atoms in total. The normalized spacial score (nSPS) is 14.6. The second-order valence-corrected chi connectivity index (χ2v) is 5.61. The smallest absolute Gasteiger partial charge is 0.233 e. The van der Waals surface area contributed by atoms with Crippen molar-refractivity contribution in [2.45, 2.75) is 13.0 Å². The van der Waals surface area contributed by atoms with Crippen molar-refractivity contribution in [1.29, 1.82) is 5.41 Å². The lowest BCUT2D eigenvalue weighted by Gasteiger charge is -2.26. The summed E-state index contributed by atoms with van der Waals surface area (Å²) >= 11 is 2.85. The minimum Gasteiger partial charge on any atom is -0.379 e. The Balaban J connectivity index is 1.93. The zero-order valence-electron chi connectivity index (χ0n) is 8.73. The maximum absolute atomic E-state index is 11.8. The molecule has 0 bridgehead atoms. The number of rotatable bonds is 2. The number of thioether (sulfide) groups is 1. The Morgan fingerprint density at radius 3 is 3.25 bits per heavy atom. The molecule has 0 fully saturated rings. The van der Waals surface area contributed by atoms with E-state index in [1.54, 1.807) is 11.3 Å². The summed E-state index contributed by atoms with van der Waals surface area (Å²) in [5.74, 6) is 0.339. The van der Waals surface area contributed by atoms with E-state index in [9.17, 15) is 4.79 Å². The van der Waals surface area contributed by atoms with Crippen LogP contribution in [0.15, 0.2) is 11.4 Å². The molecule has 1 aromatic heterocycles. The van der Waals surface area contributed by atoms with Crippen LogP contribution in [0.1, 0.15) is 10.4 Å². The molecule has 2 heterocycles. The van der Waals surface area contributed by atoms with Crippen LogP contribution < -0.4 is 5.73 Å². The topological polar surface area (TPSA) is 70.2 Å². The Morgan fingerprint density at radius 2 is 2.50 bits per heavy atom. The molecule has 3 N–H and O–H groups in total. The van der Waals surface area contributed by atoms with E-state index in [0.29, 0.717) is 6.54 Å². The first-order valence-electron chi connectivity index (χ1n) is 4.96. The van der Waals surface area contributed by atoms with Crippen molar-refractivity contribution in [3.63, 3.8) is 0 Å². The van der Waals surface area contributed by atoms with Crippen LogP contribution >= 0.6 is 23.1 Å². The summed E-state index contributed by atoms with van der Waals surface area (Å²) in [6, 6.07) is 2.08. The molecule has 0 aromatic carbocycles. The van der Waals surface area contributed by atoms with E-state index in [2.05, 4.69) is 11.4 Å². The van der Waals surface area contributed by atoms with E-state index in [4.69, 9.17) is 11.1 Å². The van der Waals surface area contributed by atoms with Gasteiger partial charge in [0.1, 0.15) is 0 Å². The molecule has 0 saturated carbocycles. The average molecular weight is 255 g/mol. The molecule has 86 valence electrons. The number of nitrogens with two attached hydrogens (primary N) is 1. The van der Waals surface area contributed by atoms with Crippen molar-refractivity contribution in [3.8, 4) is 0 Å². The molecular weight excluding hydrogens is 242 g/mol. The summed E-state index contributed by atoms with van der Waals surface area (Å²) in [6.45, 7) is 1.49. The molecule has 0 atom stereocenters. The van der Waals surface area contributed by atoms with E-state index < -0.39 is 0 Å². The number of thiophene rings is 1. The minimum absolute atomic E-state index is 0.00146. The van der Waals surface area contributed by atoms with Crippen molar-refractivity contribution >= 4 is 34.2 Å². The first-order valence-corrected chi connectivity index (χ1v) is 6.83. The number of amidine groups is 1. The average Bonchev–Trinajstić information content (AvgIpc) is 2.72. The molecule has 0 radical (unpaired) electrons. The third-order valence-electron chi connectivity index (χ3n) is 2.51. The Bertz CT molecular complexity index is 416. The van der Waals surface area contributed by atoms with Crippen molar-refractivity contribution in [1.82, 2.24) is 4.90 Å². The zero-order chi connectivity index (χ0) is 11.5. The molecule has 0 unspecified atom stereocenters. The van der Waals surface area contributed by atoms with E-state index in [-0.39, 0.29) is 16.8 Å². The fourth-order valence-electron chi connectivity index (χ4n) is 1.69. The van der Waals surface area contributed by atoms with Gasteiger partial charge < -0.3 is 10.6 Å². The molecule has 0 saturated heterocycles. The lowest BCUT2D eigenvalue weighted by molar-refractivity contribution is -0.129. The predicted octanol–water partition coefficient (Wildman–Crippen LogP) is 1.26. The first-order chi connectivity index (χ1) is 7.66. The Morgan fingerprint density at radius 1 is 1.69 bits per heavy atom. The van der Waals surface area contributed by atoms with E-state index in [1.165, 1.54) is 10.4 Å². The molecule has 1 aliphatic rings. The number of amides is 1. The van der Waals surface area contributed by atoms with Gasteiger partial charge >= 0.3 is 0 Å². The van der Waals surface area contributed by atoms with Crippen LogP contribution in [-0.4, -0.2) is 28.3 Å². The number of nitrogens with zero attached hydrogens (tertiary/aromatic N) is 1. The fraction of sp³-hybridized carbons (Fsp3) is 0.400. The molecule has 1 aromatic rings. The summed E-state index contributed by atoms with van der Waals surface area (Å²) in [4.78, 5) is 15.0. The Kier molecular flexibility index (Phi) is 3.50. The highest BCUT2D eigenvalue weighted by Crippen LogP contribution is 2.24. The highest BCUT2D eigenvalue weighted by atomic mass is 32.2. The molecule has 1 aliphatic heterocycles. The highest BCUT2D eigenvalue weighted by molar-refractivity contribution is 8.14. The Labute approximate surface area is 102 Å². The molecule has 16 heavy (non-hydrogen) atoms. The second kappa shape index (κ2) is 4.88. The summed E-state index contributed by atoms with van der Waals surface area (Å²) < 4.78 is 0. The van der Waals surface area contributed by atoms with Gasteiger partial charge in [0.05, 0.1) is 5.75 Å². The monoisotopic (exact) mass is 255 g/mol. The van der Waals surface area contributed by atoms with Gasteiger partial charge in [0, 0.05) is 18.0 Å². The molecule has 0 aliphatic carbocycles. The van der Waals surface area contributed by atoms with E-state index >= 15 is 0 Å². The van der Waals surface area contributed by atoms with Gasteiger partial charge in [0.2, 0.25) is 5.91 Å². The quantitative estimate of drug-likeness (QED) is 0.617. The van der Waals surface area contributed by atoms with E-state index in [0.717, 1.165) is 24.7 Å². The van der Waals surface area contributed by atoms with Crippen LogP contribution in [-0.2, 0) is 17.8 Å². The van der Waals surface area contributed by atoms with E-state index in [1.807, 2.05) is 4.90 Å². The first kappa shape index (κ1) is 11.5. The number of fused-ring (bicyclic) bond motifs is 1. The SMILES string of the molecule is N=C(N)SCC(=O)N1CCc2sccc2C1.